The van der Waals surface area contributed by atoms with E-state index in [0.717, 1.165) is 5.56 Å². The van der Waals surface area contributed by atoms with Crippen LogP contribution in [-0.4, -0.2) is 40.0 Å². The molecule has 1 unspecified atom stereocenters. The molecule has 2 rings (SSSR count). The molecule has 8 heteroatoms. The Hall–Kier alpha value is -1.63. The summed E-state index contributed by atoms with van der Waals surface area (Å²) < 4.78 is 0. The molecule has 5 nitrogen and oxygen atoms in total. The molecule has 0 aliphatic heterocycles. The second kappa shape index (κ2) is 7.29. The standard InChI is InChI=1S/C15H14Cl2N2O3S/c1-8(15(21)22)19(2)13(20)6-10-7-23-14(18-10)11-4-3-9(16)5-12(11)17/h3-5,7-8H,6H2,1-2H3,(H,21,22). The van der Waals surface area contributed by atoms with Crippen molar-refractivity contribution in [3.63, 3.8) is 0 Å². The van der Waals surface area contributed by atoms with Gasteiger partial charge in [0.15, 0.2) is 0 Å². The van der Waals surface area contributed by atoms with Gasteiger partial charge in [-0.2, -0.15) is 0 Å². The van der Waals surface area contributed by atoms with E-state index in [0.29, 0.717) is 20.7 Å². The molecule has 0 radical (unpaired) electrons. The van der Waals surface area contributed by atoms with Crippen LogP contribution >= 0.6 is 34.5 Å². The highest BCUT2D eigenvalue weighted by atomic mass is 35.5. The number of aliphatic carboxylic acids is 1. The van der Waals surface area contributed by atoms with Crippen LogP contribution in [0.5, 0.6) is 0 Å². The summed E-state index contributed by atoms with van der Waals surface area (Å²) in [5.41, 5.74) is 1.32. The number of hydrogen-bond acceptors (Lipinski definition) is 4. The van der Waals surface area contributed by atoms with Crippen LogP contribution in [0, 0.1) is 0 Å². The highest BCUT2D eigenvalue weighted by Gasteiger charge is 2.22. The zero-order valence-corrected chi connectivity index (χ0v) is 14.7. The number of carboxylic acid groups (broad SMARTS) is 1. The molecule has 0 fully saturated rings. The van der Waals surface area contributed by atoms with Crippen molar-refractivity contribution in [2.75, 3.05) is 7.05 Å². The SMILES string of the molecule is CC(C(=O)O)N(C)C(=O)Cc1csc(-c2ccc(Cl)cc2Cl)n1. The fourth-order valence-corrected chi connectivity index (χ4v) is 3.25. The summed E-state index contributed by atoms with van der Waals surface area (Å²) in [7, 11) is 1.46. The second-order valence-corrected chi connectivity index (χ2v) is 6.67. The number of halogens is 2. The lowest BCUT2D eigenvalue weighted by Gasteiger charge is -2.20. The van der Waals surface area contributed by atoms with Gasteiger partial charge in [0.05, 0.1) is 17.1 Å². The molecule has 0 aliphatic carbocycles. The van der Waals surface area contributed by atoms with Crippen molar-refractivity contribution in [2.24, 2.45) is 0 Å². The molecule has 0 saturated carbocycles. The molecule has 2 aromatic rings. The summed E-state index contributed by atoms with van der Waals surface area (Å²) in [5, 5.41) is 12.4. The van der Waals surface area contributed by atoms with Gasteiger partial charge < -0.3 is 10.0 Å². The van der Waals surface area contributed by atoms with Gasteiger partial charge in [0.25, 0.3) is 0 Å². The first kappa shape index (κ1) is 17.7. The van der Waals surface area contributed by atoms with Crippen LogP contribution in [-0.2, 0) is 16.0 Å². The van der Waals surface area contributed by atoms with Gasteiger partial charge in [-0.15, -0.1) is 11.3 Å². The quantitative estimate of drug-likeness (QED) is 0.870. The zero-order chi connectivity index (χ0) is 17.1. The Balaban J connectivity index is 2.13. The zero-order valence-electron chi connectivity index (χ0n) is 12.4. The van der Waals surface area contributed by atoms with Crippen molar-refractivity contribution < 1.29 is 14.7 Å². The summed E-state index contributed by atoms with van der Waals surface area (Å²) in [5.74, 6) is -1.35. The van der Waals surface area contributed by atoms with E-state index < -0.39 is 12.0 Å². The van der Waals surface area contributed by atoms with Crippen molar-refractivity contribution in [1.29, 1.82) is 0 Å². The number of aromatic nitrogens is 1. The summed E-state index contributed by atoms with van der Waals surface area (Å²) in [6.07, 6.45) is 0.0375. The number of rotatable bonds is 5. The van der Waals surface area contributed by atoms with Gasteiger partial charge in [-0.3, -0.25) is 4.79 Å². The van der Waals surface area contributed by atoms with Crippen LogP contribution < -0.4 is 0 Å². The Morgan fingerprint density at radius 3 is 2.70 bits per heavy atom. The highest BCUT2D eigenvalue weighted by Crippen LogP contribution is 2.32. The largest absolute Gasteiger partial charge is 0.480 e. The molecule has 0 aliphatic rings. The number of likely N-dealkylation sites (N-methyl/N-ethyl adjacent to an activating group) is 1. The number of thiazole rings is 1. The Labute approximate surface area is 147 Å². The maximum atomic E-state index is 12.1. The lowest BCUT2D eigenvalue weighted by molar-refractivity contribution is -0.148. The number of amides is 1. The number of hydrogen-bond donors (Lipinski definition) is 1. The number of carboxylic acids is 1. The first-order chi connectivity index (χ1) is 10.8. The van der Waals surface area contributed by atoms with Gasteiger partial charge >= 0.3 is 5.97 Å². The van der Waals surface area contributed by atoms with E-state index in [4.69, 9.17) is 28.3 Å². The van der Waals surface area contributed by atoms with Crippen LogP contribution in [0.2, 0.25) is 10.0 Å². The van der Waals surface area contributed by atoms with Gasteiger partial charge in [-0.1, -0.05) is 23.2 Å². The van der Waals surface area contributed by atoms with E-state index in [9.17, 15) is 9.59 Å². The normalized spacial score (nSPS) is 12.0. The molecule has 1 aromatic heterocycles. The molecule has 0 saturated heterocycles. The van der Waals surface area contributed by atoms with E-state index in [1.165, 1.54) is 30.2 Å². The summed E-state index contributed by atoms with van der Waals surface area (Å²) in [4.78, 5) is 28.6. The van der Waals surface area contributed by atoms with Gasteiger partial charge in [-0.05, 0) is 25.1 Å². The molecule has 1 heterocycles. The van der Waals surface area contributed by atoms with E-state index in [2.05, 4.69) is 4.98 Å². The third kappa shape index (κ3) is 4.22. The average molecular weight is 373 g/mol. The molecular weight excluding hydrogens is 359 g/mol. The van der Waals surface area contributed by atoms with Crippen LogP contribution in [0.1, 0.15) is 12.6 Å². The lowest BCUT2D eigenvalue weighted by Crippen LogP contribution is -2.41. The van der Waals surface area contributed by atoms with Crippen molar-refractivity contribution in [1.82, 2.24) is 9.88 Å². The third-order valence-corrected chi connectivity index (χ3v) is 4.85. The van der Waals surface area contributed by atoms with Crippen LogP contribution in [0.3, 0.4) is 0 Å². The molecule has 0 bridgehead atoms. The maximum Gasteiger partial charge on any atom is 0.326 e. The Bertz CT molecular complexity index is 748. The van der Waals surface area contributed by atoms with E-state index in [1.807, 2.05) is 0 Å². The number of carbonyl (C=O) groups excluding carboxylic acids is 1. The molecule has 23 heavy (non-hydrogen) atoms. The van der Waals surface area contributed by atoms with Gasteiger partial charge in [-0.25, -0.2) is 9.78 Å². The monoisotopic (exact) mass is 372 g/mol. The van der Waals surface area contributed by atoms with Crippen LogP contribution in [0.4, 0.5) is 0 Å². The first-order valence-electron chi connectivity index (χ1n) is 6.68. The Morgan fingerprint density at radius 1 is 1.39 bits per heavy atom. The summed E-state index contributed by atoms with van der Waals surface area (Å²) in [6, 6.07) is 4.24. The molecule has 1 amide bonds. The molecule has 1 aromatic carbocycles. The van der Waals surface area contributed by atoms with E-state index in [1.54, 1.807) is 23.6 Å². The molecule has 1 N–H and O–H groups in total. The fraction of sp³-hybridized carbons (Fsp3) is 0.267. The lowest BCUT2D eigenvalue weighted by atomic mass is 10.2. The van der Waals surface area contributed by atoms with Crippen molar-refractivity contribution in [2.45, 2.75) is 19.4 Å². The summed E-state index contributed by atoms with van der Waals surface area (Å²) >= 11 is 13.4. The molecule has 0 spiro atoms. The predicted molar refractivity (Wildman–Crippen MR) is 91.1 cm³/mol. The topological polar surface area (TPSA) is 70.5 Å². The minimum atomic E-state index is -1.05. The summed E-state index contributed by atoms with van der Waals surface area (Å²) in [6.45, 7) is 1.46. The highest BCUT2D eigenvalue weighted by molar-refractivity contribution is 7.13. The number of carbonyl (C=O) groups is 2. The molecule has 1 atom stereocenters. The second-order valence-electron chi connectivity index (χ2n) is 4.96. The van der Waals surface area contributed by atoms with E-state index in [-0.39, 0.29) is 12.3 Å². The Morgan fingerprint density at radius 2 is 2.09 bits per heavy atom. The Kier molecular flexibility index (Phi) is 5.62. The van der Waals surface area contributed by atoms with Crippen molar-refractivity contribution in [3.8, 4) is 10.6 Å². The molecular formula is C15H14Cl2N2O3S. The fourth-order valence-electron chi connectivity index (χ4n) is 1.84. The number of benzene rings is 1. The van der Waals surface area contributed by atoms with E-state index >= 15 is 0 Å². The first-order valence-corrected chi connectivity index (χ1v) is 8.31. The van der Waals surface area contributed by atoms with Gasteiger partial charge in [0.2, 0.25) is 5.91 Å². The predicted octanol–water partition coefficient (Wildman–Crippen LogP) is 3.59. The van der Waals surface area contributed by atoms with Crippen molar-refractivity contribution in [3.05, 3.63) is 39.3 Å². The minimum Gasteiger partial charge on any atom is -0.480 e. The average Bonchev–Trinajstić information content (AvgIpc) is 2.93. The van der Waals surface area contributed by atoms with Crippen molar-refractivity contribution >= 4 is 46.4 Å². The van der Waals surface area contributed by atoms with Crippen LogP contribution in [0.15, 0.2) is 23.6 Å². The van der Waals surface area contributed by atoms with Gasteiger partial charge in [0.1, 0.15) is 11.0 Å². The van der Waals surface area contributed by atoms with Crippen LogP contribution in [0.25, 0.3) is 10.6 Å². The number of nitrogens with zero attached hydrogens (tertiary/aromatic N) is 2. The van der Waals surface area contributed by atoms with Gasteiger partial charge in [0, 0.05) is 23.0 Å². The minimum absolute atomic E-state index is 0.0375. The third-order valence-electron chi connectivity index (χ3n) is 3.38. The smallest absolute Gasteiger partial charge is 0.326 e. The molecule has 122 valence electrons. The maximum absolute atomic E-state index is 12.1.